The van der Waals surface area contributed by atoms with E-state index in [0.29, 0.717) is 24.2 Å². The molecular formula is C17H28N2OS. The molecule has 21 heavy (non-hydrogen) atoms. The third kappa shape index (κ3) is 5.44. The van der Waals surface area contributed by atoms with Gasteiger partial charge in [-0.1, -0.05) is 20.8 Å². The Morgan fingerprint density at radius 3 is 2.43 bits per heavy atom. The highest BCUT2D eigenvalue weighted by Crippen LogP contribution is 2.23. The monoisotopic (exact) mass is 308 g/mol. The van der Waals surface area contributed by atoms with E-state index in [-0.39, 0.29) is 0 Å². The number of hydrogen-bond donors (Lipinski definition) is 1. The molecule has 0 saturated carbocycles. The Hall–Kier alpha value is -0.870. The molecule has 1 atom stereocenters. The summed E-state index contributed by atoms with van der Waals surface area (Å²) in [6.45, 7) is 10.3. The SMILES string of the molecule is CC(C)Cc1ccc(CC(C)CC(=O)N2CCNCC2)s1. The number of amides is 1. The molecule has 0 aliphatic carbocycles. The van der Waals surface area contributed by atoms with Crippen molar-refractivity contribution in [2.45, 2.75) is 40.0 Å². The predicted molar refractivity (Wildman–Crippen MR) is 89.8 cm³/mol. The number of carbonyl (C=O) groups is 1. The third-order valence-electron chi connectivity index (χ3n) is 3.87. The van der Waals surface area contributed by atoms with Gasteiger partial charge in [0, 0.05) is 42.4 Å². The predicted octanol–water partition coefficient (Wildman–Crippen LogP) is 2.95. The van der Waals surface area contributed by atoms with Crippen molar-refractivity contribution in [3.05, 3.63) is 21.9 Å². The summed E-state index contributed by atoms with van der Waals surface area (Å²) in [5.74, 6) is 1.46. The van der Waals surface area contributed by atoms with Gasteiger partial charge in [0.1, 0.15) is 0 Å². The van der Waals surface area contributed by atoms with Crippen LogP contribution in [-0.2, 0) is 17.6 Å². The zero-order valence-electron chi connectivity index (χ0n) is 13.5. The molecule has 1 unspecified atom stereocenters. The van der Waals surface area contributed by atoms with Crippen LogP contribution in [-0.4, -0.2) is 37.0 Å². The van der Waals surface area contributed by atoms with Crippen molar-refractivity contribution in [2.24, 2.45) is 11.8 Å². The van der Waals surface area contributed by atoms with Crippen molar-refractivity contribution in [3.63, 3.8) is 0 Å². The van der Waals surface area contributed by atoms with E-state index in [9.17, 15) is 4.79 Å². The summed E-state index contributed by atoms with van der Waals surface area (Å²) < 4.78 is 0. The van der Waals surface area contributed by atoms with Gasteiger partial charge in [-0.05, 0) is 36.8 Å². The van der Waals surface area contributed by atoms with Gasteiger partial charge in [0.05, 0.1) is 0 Å². The van der Waals surface area contributed by atoms with Crippen molar-refractivity contribution in [3.8, 4) is 0 Å². The molecule has 0 bridgehead atoms. The first-order chi connectivity index (χ1) is 10.0. The fourth-order valence-electron chi connectivity index (χ4n) is 2.80. The molecule has 0 spiro atoms. The minimum absolute atomic E-state index is 0.322. The molecular weight excluding hydrogens is 280 g/mol. The zero-order chi connectivity index (χ0) is 15.2. The normalized spacial score (nSPS) is 17.2. The summed E-state index contributed by atoms with van der Waals surface area (Å²) in [6, 6.07) is 4.50. The van der Waals surface area contributed by atoms with Crippen molar-refractivity contribution in [2.75, 3.05) is 26.2 Å². The van der Waals surface area contributed by atoms with Crippen LogP contribution in [0.5, 0.6) is 0 Å². The van der Waals surface area contributed by atoms with Crippen LogP contribution in [0.15, 0.2) is 12.1 Å². The van der Waals surface area contributed by atoms with E-state index in [1.807, 2.05) is 16.2 Å². The Labute approximate surface area is 132 Å². The summed E-state index contributed by atoms with van der Waals surface area (Å²) in [6.07, 6.45) is 2.87. The molecule has 1 fully saturated rings. The minimum Gasteiger partial charge on any atom is -0.340 e. The molecule has 1 aliphatic rings. The summed E-state index contributed by atoms with van der Waals surface area (Å²) in [5, 5.41) is 3.29. The van der Waals surface area contributed by atoms with Crippen molar-refractivity contribution >= 4 is 17.2 Å². The number of hydrogen-bond acceptors (Lipinski definition) is 3. The first kappa shape index (κ1) is 16.5. The highest BCUT2D eigenvalue weighted by molar-refractivity contribution is 7.12. The number of nitrogens with one attached hydrogen (secondary N) is 1. The van der Waals surface area contributed by atoms with Crippen LogP contribution < -0.4 is 5.32 Å². The second-order valence-corrected chi connectivity index (χ2v) is 7.86. The molecule has 4 heteroatoms. The maximum atomic E-state index is 12.3. The molecule has 3 nitrogen and oxygen atoms in total. The highest BCUT2D eigenvalue weighted by atomic mass is 32.1. The van der Waals surface area contributed by atoms with Crippen LogP contribution >= 0.6 is 11.3 Å². The average Bonchev–Trinajstić information content (AvgIpc) is 2.85. The average molecular weight is 308 g/mol. The van der Waals surface area contributed by atoms with Gasteiger partial charge in [0.25, 0.3) is 0 Å². The topological polar surface area (TPSA) is 32.3 Å². The van der Waals surface area contributed by atoms with Gasteiger partial charge >= 0.3 is 0 Å². The largest absolute Gasteiger partial charge is 0.340 e. The lowest BCUT2D eigenvalue weighted by molar-refractivity contribution is -0.132. The Bertz CT molecular complexity index is 449. The van der Waals surface area contributed by atoms with E-state index < -0.39 is 0 Å². The minimum atomic E-state index is 0.322. The number of piperazine rings is 1. The smallest absolute Gasteiger partial charge is 0.222 e. The van der Waals surface area contributed by atoms with Crippen molar-refractivity contribution in [1.82, 2.24) is 10.2 Å². The summed E-state index contributed by atoms with van der Waals surface area (Å²) in [4.78, 5) is 17.2. The van der Waals surface area contributed by atoms with E-state index in [1.165, 1.54) is 16.2 Å². The van der Waals surface area contributed by atoms with E-state index in [4.69, 9.17) is 0 Å². The van der Waals surface area contributed by atoms with E-state index >= 15 is 0 Å². The number of nitrogens with zero attached hydrogens (tertiary/aromatic N) is 1. The second kappa shape index (κ2) is 7.95. The fourth-order valence-corrected chi connectivity index (χ4v) is 4.19. The first-order valence-electron chi connectivity index (χ1n) is 8.10. The van der Waals surface area contributed by atoms with E-state index in [0.717, 1.165) is 32.6 Å². The van der Waals surface area contributed by atoms with E-state index in [2.05, 4.69) is 38.2 Å². The van der Waals surface area contributed by atoms with Gasteiger partial charge < -0.3 is 10.2 Å². The number of thiophene rings is 1. The molecule has 0 aromatic carbocycles. The van der Waals surface area contributed by atoms with Gasteiger partial charge in [-0.25, -0.2) is 0 Å². The Morgan fingerprint density at radius 1 is 1.19 bits per heavy atom. The highest BCUT2D eigenvalue weighted by Gasteiger charge is 2.19. The van der Waals surface area contributed by atoms with Crippen LogP contribution in [0.4, 0.5) is 0 Å². The Kier molecular flexibility index (Phi) is 6.24. The van der Waals surface area contributed by atoms with Crippen LogP contribution in [0, 0.1) is 11.8 Å². The first-order valence-corrected chi connectivity index (χ1v) is 8.92. The van der Waals surface area contributed by atoms with Crippen LogP contribution in [0.1, 0.15) is 36.9 Å². The van der Waals surface area contributed by atoms with Crippen LogP contribution in [0.2, 0.25) is 0 Å². The number of carbonyl (C=O) groups excluding carboxylic acids is 1. The van der Waals surface area contributed by atoms with Gasteiger partial charge in [0.15, 0.2) is 0 Å². The molecule has 1 aromatic heterocycles. The summed E-state index contributed by atoms with van der Waals surface area (Å²) >= 11 is 1.92. The van der Waals surface area contributed by atoms with Gasteiger partial charge in [-0.15, -0.1) is 11.3 Å². The zero-order valence-corrected chi connectivity index (χ0v) is 14.3. The molecule has 2 heterocycles. The Morgan fingerprint density at radius 2 is 1.81 bits per heavy atom. The standard InChI is InChI=1S/C17H28N2OS/c1-13(2)10-15-4-5-16(21-15)11-14(3)12-17(20)19-8-6-18-7-9-19/h4-5,13-14,18H,6-12H2,1-3H3. The van der Waals surface area contributed by atoms with Gasteiger partial charge in [-0.2, -0.15) is 0 Å². The fraction of sp³-hybridized carbons (Fsp3) is 0.706. The van der Waals surface area contributed by atoms with Crippen LogP contribution in [0.25, 0.3) is 0 Å². The van der Waals surface area contributed by atoms with Crippen molar-refractivity contribution < 1.29 is 4.79 Å². The van der Waals surface area contributed by atoms with Gasteiger partial charge in [0.2, 0.25) is 5.91 Å². The maximum Gasteiger partial charge on any atom is 0.222 e. The molecule has 2 rings (SSSR count). The molecule has 118 valence electrons. The van der Waals surface area contributed by atoms with Crippen molar-refractivity contribution in [1.29, 1.82) is 0 Å². The van der Waals surface area contributed by atoms with E-state index in [1.54, 1.807) is 0 Å². The molecule has 1 aliphatic heterocycles. The quantitative estimate of drug-likeness (QED) is 0.876. The molecule has 1 saturated heterocycles. The third-order valence-corrected chi connectivity index (χ3v) is 5.00. The lowest BCUT2D eigenvalue weighted by Gasteiger charge is -2.28. The maximum absolute atomic E-state index is 12.3. The molecule has 1 amide bonds. The second-order valence-electron chi connectivity index (χ2n) is 6.61. The molecule has 0 radical (unpaired) electrons. The van der Waals surface area contributed by atoms with Gasteiger partial charge in [-0.3, -0.25) is 4.79 Å². The molecule has 1 aromatic rings. The molecule has 1 N–H and O–H groups in total. The van der Waals surface area contributed by atoms with Crippen LogP contribution in [0.3, 0.4) is 0 Å². The summed E-state index contributed by atoms with van der Waals surface area (Å²) in [5.41, 5.74) is 0. The Balaban J connectivity index is 1.79. The lowest BCUT2D eigenvalue weighted by Crippen LogP contribution is -2.46. The lowest BCUT2D eigenvalue weighted by atomic mass is 10.0. The number of rotatable bonds is 6. The summed E-state index contributed by atoms with van der Waals surface area (Å²) in [7, 11) is 0.